The number of nitrogens with zero attached hydrogens (tertiary/aromatic N) is 1. The number of nitrogens with two attached hydrogens (primary N) is 1. The molecule has 0 saturated carbocycles. The first-order valence-corrected chi connectivity index (χ1v) is 7.68. The van der Waals surface area contributed by atoms with Gasteiger partial charge in [-0.25, -0.2) is 0 Å². The molecule has 1 aliphatic heterocycles. The average Bonchev–Trinajstić information content (AvgIpc) is 2.41. The molecule has 0 radical (unpaired) electrons. The SMILES string of the molecule is CCCOC1CCCN(C(=O)C(CN)CC(C)C)C1. The van der Waals surface area contributed by atoms with Crippen LogP contribution in [0.25, 0.3) is 0 Å². The zero-order valence-corrected chi connectivity index (χ0v) is 12.7. The van der Waals surface area contributed by atoms with E-state index in [0.29, 0.717) is 12.5 Å². The molecule has 0 aromatic rings. The monoisotopic (exact) mass is 270 g/mol. The summed E-state index contributed by atoms with van der Waals surface area (Å²) in [5.74, 6) is 0.709. The van der Waals surface area contributed by atoms with Gasteiger partial charge in [0.05, 0.1) is 12.0 Å². The average molecular weight is 270 g/mol. The fraction of sp³-hybridized carbons (Fsp3) is 0.933. The third-order valence-corrected chi connectivity index (χ3v) is 3.64. The number of carbonyl (C=O) groups is 1. The summed E-state index contributed by atoms with van der Waals surface area (Å²) < 4.78 is 5.78. The lowest BCUT2D eigenvalue weighted by Gasteiger charge is -2.35. The molecule has 2 atom stereocenters. The van der Waals surface area contributed by atoms with Crippen LogP contribution in [0.15, 0.2) is 0 Å². The van der Waals surface area contributed by atoms with Gasteiger partial charge in [-0.1, -0.05) is 20.8 Å². The van der Waals surface area contributed by atoms with Crippen molar-refractivity contribution in [3.63, 3.8) is 0 Å². The van der Waals surface area contributed by atoms with Crippen LogP contribution in [0.1, 0.15) is 46.5 Å². The molecule has 1 aliphatic rings. The third-order valence-electron chi connectivity index (χ3n) is 3.64. The molecular weight excluding hydrogens is 240 g/mol. The quantitative estimate of drug-likeness (QED) is 0.770. The Bertz CT molecular complexity index is 269. The van der Waals surface area contributed by atoms with E-state index in [9.17, 15) is 4.79 Å². The van der Waals surface area contributed by atoms with Crippen molar-refractivity contribution in [2.24, 2.45) is 17.6 Å². The second-order valence-electron chi connectivity index (χ2n) is 5.98. The zero-order chi connectivity index (χ0) is 14.3. The zero-order valence-electron chi connectivity index (χ0n) is 12.7. The van der Waals surface area contributed by atoms with Crippen molar-refractivity contribution in [3.8, 4) is 0 Å². The van der Waals surface area contributed by atoms with Crippen LogP contribution in [0, 0.1) is 11.8 Å². The molecule has 1 heterocycles. The van der Waals surface area contributed by atoms with Crippen LogP contribution in [0.3, 0.4) is 0 Å². The predicted octanol–water partition coefficient (Wildman–Crippen LogP) is 2.02. The Kier molecular flexibility index (Phi) is 7.39. The van der Waals surface area contributed by atoms with E-state index in [1.54, 1.807) is 0 Å². The standard InChI is InChI=1S/C15H30N2O2/c1-4-8-19-14-6-5-7-17(11-14)15(18)13(10-16)9-12(2)3/h12-14H,4-11,16H2,1-3H3. The van der Waals surface area contributed by atoms with Gasteiger partial charge < -0.3 is 15.4 Å². The molecule has 0 aliphatic carbocycles. The van der Waals surface area contributed by atoms with E-state index in [1.807, 2.05) is 4.90 Å². The number of hydrogen-bond acceptors (Lipinski definition) is 3. The highest BCUT2D eigenvalue weighted by Gasteiger charge is 2.28. The van der Waals surface area contributed by atoms with Gasteiger partial charge in [-0.05, 0) is 31.6 Å². The molecule has 1 saturated heterocycles. The molecule has 4 nitrogen and oxygen atoms in total. The largest absolute Gasteiger partial charge is 0.376 e. The maximum Gasteiger partial charge on any atom is 0.227 e. The Labute approximate surface area is 117 Å². The minimum absolute atomic E-state index is 0.0232. The minimum Gasteiger partial charge on any atom is -0.376 e. The van der Waals surface area contributed by atoms with Crippen LogP contribution in [0.5, 0.6) is 0 Å². The number of hydrogen-bond donors (Lipinski definition) is 1. The molecular formula is C15H30N2O2. The third kappa shape index (κ3) is 5.49. The summed E-state index contributed by atoms with van der Waals surface area (Å²) in [4.78, 5) is 14.4. The molecule has 0 bridgehead atoms. The van der Waals surface area contributed by atoms with Gasteiger partial charge in [-0.2, -0.15) is 0 Å². The first-order chi connectivity index (χ1) is 9.08. The molecule has 4 heteroatoms. The summed E-state index contributed by atoms with van der Waals surface area (Å²) in [6, 6.07) is 0. The molecule has 2 N–H and O–H groups in total. The number of ether oxygens (including phenoxy) is 1. The first-order valence-electron chi connectivity index (χ1n) is 7.68. The lowest BCUT2D eigenvalue weighted by Crippen LogP contribution is -2.47. The Morgan fingerprint density at radius 1 is 1.47 bits per heavy atom. The number of piperidine rings is 1. The van der Waals surface area contributed by atoms with Gasteiger partial charge >= 0.3 is 0 Å². The predicted molar refractivity (Wildman–Crippen MR) is 77.8 cm³/mol. The molecule has 0 aromatic carbocycles. The van der Waals surface area contributed by atoms with Gasteiger partial charge in [0.15, 0.2) is 0 Å². The first kappa shape index (κ1) is 16.4. The second kappa shape index (κ2) is 8.54. The fourth-order valence-electron chi connectivity index (χ4n) is 2.68. The molecule has 112 valence electrons. The van der Waals surface area contributed by atoms with Crippen molar-refractivity contribution in [1.29, 1.82) is 0 Å². The molecule has 1 fully saturated rings. The Hall–Kier alpha value is -0.610. The lowest BCUT2D eigenvalue weighted by atomic mass is 9.95. The summed E-state index contributed by atoms with van der Waals surface area (Å²) in [7, 11) is 0. The van der Waals surface area contributed by atoms with Gasteiger partial charge in [0.2, 0.25) is 5.91 Å². The lowest BCUT2D eigenvalue weighted by molar-refractivity contribution is -0.139. The van der Waals surface area contributed by atoms with Crippen LogP contribution >= 0.6 is 0 Å². The van der Waals surface area contributed by atoms with Gasteiger partial charge in [0.25, 0.3) is 0 Å². The highest BCUT2D eigenvalue weighted by atomic mass is 16.5. The van der Waals surface area contributed by atoms with E-state index < -0.39 is 0 Å². The van der Waals surface area contributed by atoms with Gasteiger partial charge in [-0.3, -0.25) is 4.79 Å². The normalized spacial score (nSPS) is 21.7. The van der Waals surface area contributed by atoms with Gasteiger partial charge in [0, 0.05) is 26.2 Å². The summed E-state index contributed by atoms with van der Waals surface area (Å²) in [6.07, 6.45) is 4.24. The number of rotatable bonds is 7. The summed E-state index contributed by atoms with van der Waals surface area (Å²) in [5.41, 5.74) is 5.76. The van der Waals surface area contributed by atoms with Crippen LogP contribution in [-0.4, -0.2) is 43.2 Å². The molecule has 1 amide bonds. The van der Waals surface area contributed by atoms with Gasteiger partial charge in [-0.15, -0.1) is 0 Å². The summed E-state index contributed by atoms with van der Waals surface area (Å²) >= 11 is 0. The van der Waals surface area contributed by atoms with Gasteiger partial charge in [0.1, 0.15) is 0 Å². The number of carbonyl (C=O) groups excluding carboxylic acids is 1. The molecule has 0 spiro atoms. The smallest absolute Gasteiger partial charge is 0.227 e. The molecule has 2 unspecified atom stereocenters. The minimum atomic E-state index is -0.0232. The van der Waals surface area contributed by atoms with E-state index >= 15 is 0 Å². The van der Waals surface area contributed by atoms with Crippen molar-refractivity contribution in [3.05, 3.63) is 0 Å². The van der Waals surface area contributed by atoms with E-state index in [2.05, 4.69) is 20.8 Å². The van der Waals surface area contributed by atoms with Crippen molar-refractivity contribution in [2.75, 3.05) is 26.2 Å². The summed E-state index contributed by atoms with van der Waals surface area (Å²) in [6.45, 7) is 9.23. The van der Waals surface area contributed by atoms with Crippen LogP contribution < -0.4 is 5.73 Å². The highest BCUT2D eigenvalue weighted by Crippen LogP contribution is 2.19. The van der Waals surface area contributed by atoms with E-state index in [1.165, 1.54) is 0 Å². The Morgan fingerprint density at radius 3 is 2.79 bits per heavy atom. The molecule has 0 aromatic heterocycles. The van der Waals surface area contributed by atoms with E-state index in [0.717, 1.165) is 45.4 Å². The van der Waals surface area contributed by atoms with E-state index in [-0.39, 0.29) is 17.9 Å². The number of amides is 1. The van der Waals surface area contributed by atoms with Crippen molar-refractivity contribution < 1.29 is 9.53 Å². The van der Waals surface area contributed by atoms with E-state index in [4.69, 9.17) is 10.5 Å². The van der Waals surface area contributed by atoms with Crippen molar-refractivity contribution in [2.45, 2.75) is 52.6 Å². The number of likely N-dealkylation sites (tertiary alicyclic amines) is 1. The maximum absolute atomic E-state index is 12.5. The van der Waals surface area contributed by atoms with Crippen molar-refractivity contribution >= 4 is 5.91 Å². The second-order valence-corrected chi connectivity index (χ2v) is 5.98. The maximum atomic E-state index is 12.5. The molecule has 19 heavy (non-hydrogen) atoms. The fourth-order valence-corrected chi connectivity index (χ4v) is 2.68. The topological polar surface area (TPSA) is 55.6 Å². The molecule has 1 rings (SSSR count). The Morgan fingerprint density at radius 2 is 2.21 bits per heavy atom. The highest BCUT2D eigenvalue weighted by molar-refractivity contribution is 5.79. The van der Waals surface area contributed by atoms with Crippen LogP contribution in [-0.2, 0) is 9.53 Å². The van der Waals surface area contributed by atoms with Crippen molar-refractivity contribution in [1.82, 2.24) is 4.90 Å². The van der Waals surface area contributed by atoms with Crippen LogP contribution in [0.4, 0.5) is 0 Å². The summed E-state index contributed by atoms with van der Waals surface area (Å²) in [5, 5.41) is 0. The Balaban J connectivity index is 2.50. The van der Waals surface area contributed by atoms with Crippen LogP contribution in [0.2, 0.25) is 0 Å².